The van der Waals surface area contributed by atoms with Gasteiger partial charge in [0, 0.05) is 18.8 Å². The second kappa shape index (κ2) is 6.37. The predicted octanol–water partition coefficient (Wildman–Crippen LogP) is 0.479. The van der Waals surface area contributed by atoms with Gasteiger partial charge in [-0.3, -0.25) is 4.79 Å². The van der Waals surface area contributed by atoms with Gasteiger partial charge in [-0.1, -0.05) is 0 Å². The maximum atomic E-state index is 12.7. The van der Waals surface area contributed by atoms with Gasteiger partial charge < -0.3 is 19.3 Å². The number of sulfonamides is 1. The molecular weight excluding hydrogens is 378 g/mol. The van der Waals surface area contributed by atoms with Crippen LogP contribution in [0.15, 0.2) is 49.1 Å². The number of furan rings is 1. The number of hydrogen-bond acceptors (Lipinski definition) is 8. The highest BCUT2D eigenvalue weighted by Gasteiger charge is 2.31. The number of benzene rings is 1. The summed E-state index contributed by atoms with van der Waals surface area (Å²) in [7, 11) is -3.90. The first-order valence-corrected chi connectivity index (χ1v) is 9.45. The quantitative estimate of drug-likeness (QED) is 0.634. The number of nitrogens with two attached hydrogens (primary N) is 1. The maximum Gasteiger partial charge on any atom is 0.427 e. The van der Waals surface area contributed by atoms with Crippen LogP contribution in [0.1, 0.15) is 10.6 Å². The number of ether oxygens (including phenoxy) is 1. The molecule has 0 bridgehead atoms. The number of morpholine rings is 1. The van der Waals surface area contributed by atoms with Crippen molar-refractivity contribution >= 4 is 32.7 Å². The molecule has 0 aliphatic carbocycles. The molecule has 3 aromatic rings. The average Bonchev–Trinajstić information content (AvgIpc) is 3.26. The van der Waals surface area contributed by atoms with Crippen LogP contribution in [0.5, 0.6) is 0 Å². The van der Waals surface area contributed by atoms with Gasteiger partial charge in [0.25, 0.3) is 10.0 Å². The molecule has 0 amide bonds. The molecule has 11 heteroatoms. The zero-order chi connectivity index (χ0) is 19.2. The Morgan fingerprint density at radius 2 is 1.81 bits per heavy atom. The monoisotopic (exact) mass is 393 g/mol. The van der Waals surface area contributed by atoms with Gasteiger partial charge in [-0.05, 0) is 30.3 Å². The third-order valence-electron chi connectivity index (χ3n) is 4.16. The van der Waals surface area contributed by atoms with Gasteiger partial charge in [-0.25, -0.2) is 17.8 Å². The molecule has 1 aliphatic heterocycles. The summed E-state index contributed by atoms with van der Waals surface area (Å²) in [4.78, 5) is 24.8. The van der Waals surface area contributed by atoms with Crippen LogP contribution >= 0.6 is 0 Å². The summed E-state index contributed by atoms with van der Waals surface area (Å²) in [6, 6.07) is 6.78. The SMILES string of the molecule is Nc1ccc2oc(=O)n(C(=O)c3ccc(S(=O)(=O)N4CCOCC4)o3)c2c1. The summed E-state index contributed by atoms with van der Waals surface area (Å²) in [5.74, 6) is -2.09. The van der Waals surface area contributed by atoms with Gasteiger partial charge >= 0.3 is 11.7 Å². The number of carbonyl (C=O) groups excluding carboxylic acids is 1. The second-order valence-corrected chi connectivity index (χ2v) is 7.74. The summed E-state index contributed by atoms with van der Waals surface area (Å²) < 4.78 is 42.6. The molecule has 1 aromatic carbocycles. The van der Waals surface area contributed by atoms with E-state index in [9.17, 15) is 18.0 Å². The van der Waals surface area contributed by atoms with Gasteiger partial charge in [0.05, 0.1) is 13.2 Å². The van der Waals surface area contributed by atoms with E-state index in [1.54, 1.807) is 0 Å². The summed E-state index contributed by atoms with van der Waals surface area (Å²) >= 11 is 0. The Bertz CT molecular complexity index is 1180. The highest BCUT2D eigenvalue weighted by atomic mass is 32.2. The van der Waals surface area contributed by atoms with E-state index >= 15 is 0 Å². The Morgan fingerprint density at radius 1 is 1.07 bits per heavy atom. The van der Waals surface area contributed by atoms with Crippen LogP contribution in [0.2, 0.25) is 0 Å². The smallest absolute Gasteiger partial charge is 0.427 e. The number of aromatic nitrogens is 1. The average molecular weight is 393 g/mol. The van der Waals surface area contributed by atoms with Crippen molar-refractivity contribution in [2.24, 2.45) is 0 Å². The van der Waals surface area contributed by atoms with Crippen LogP contribution in [-0.2, 0) is 14.8 Å². The van der Waals surface area contributed by atoms with Crippen LogP contribution in [0.4, 0.5) is 5.69 Å². The van der Waals surface area contributed by atoms with Crippen molar-refractivity contribution in [3.8, 4) is 0 Å². The fourth-order valence-corrected chi connectivity index (χ4v) is 4.14. The minimum absolute atomic E-state index is 0.166. The van der Waals surface area contributed by atoms with Crippen molar-refractivity contribution in [2.45, 2.75) is 5.09 Å². The number of anilines is 1. The molecule has 10 nitrogen and oxygen atoms in total. The van der Waals surface area contributed by atoms with E-state index in [1.165, 1.54) is 34.6 Å². The zero-order valence-corrected chi connectivity index (χ0v) is 14.8. The molecule has 0 unspecified atom stereocenters. The van der Waals surface area contributed by atoms with E-state index in [0.29, 0.717) is 5.69 Å². The summed E-state index contributed by atoms with van der Waals surface area (Å²) in [5, 5.41) is -0.381. The van der Waals surface area contributed by atoms with Crippen LogP contribution in [-0.4, -0.2) is 49.5 Å². The normalized spacial score (nSPS) is 16.0. The van der Waals surface area contributed by atoms with E-state index in [4.69, 9.17) is 19.3 Å². The number of hydrogen-bond donors (Lipinski definition) is 1. The molecule has 0 spiro atoms. The Balaban J connectivity index is 1.72. The first-order valence-electron chi connectivity index (χ1n) is 8.01. The third-order valence-corrected chi connectivity index (χ3v) is 5.94. The van der Waals surface area contributed by atoms with E-state index in [2.05, 4.69) is 0 Å². The van der Waals surface area contributed by atoms with Gasteiger partial charge in [-0.15, -0.1) is 0 Å². The van der Waals surface area contributed by atoms with Gasteiger partial charge in [0.15, 0.2) is 11.3 Å². The largest absolute Gasteiger partial charge is 0.438 e. The number of fused-ring (bicyclic) bond motifs is 1. The third kappa shape index (κ3) is 2.95. The highest BCUT2D eigenvalue weighted by molar-refractivity contribution is 7.89. The first kappa shape index (κ1) is 17.5. The maximum absolute atomic E-state index is 12.7. The van der Waals surface area contributed by atoms with Crippen LogP contribution in [0, 0.1) is 0 Å². The number of nitrogen functional groups attached to an aromatic ring is 1. The summed E-state index contributed by atoms with van der Waals surface area (Å²) in [5.41, 5.74) is 6.37. The Labute approximate surface area is 152 Å². The summed E-state index contributed by atoms with van der Waals surface area (Å²) in [6.45, 7) is 0.946. The van der Waals surface area contributed by atoms with Crippen LogP contribution < -0.4 is 11.5 Å². The van der Waals surface area contributed by atoms with Crippen molar-refractivity contribution in [3.05, 3.63) is 46.6 Å². The zero-order valence-electron chi connectivity index (χ0n) is 14.0. The summed E-state index contributed by atoms with van der Waals surface area (Å²) in [6.07, 6.45) is 0. The minimum Gasteiger partial charge on any atom is -0.438 e. The van der Waals surface area contributed by atoms with E-state index < -0.39 is 21.7 Å². The van der Waals surface area contributed by atoms with E-state index in [-0.39, 0.29) is 48.3 Å². The lowest BCUT2D eigenvalue weighted by atomic mass is 10.3. The number of nitrogens with zero attached hydrogens (tertiary/aromatic N) is 2. The standard InChI is InChI=1S/C16H15N3O7S/c17-10-1-2-12-11(9-10)19(16(21)26-12)15(20)13-3-4-14(25-13)27(22,23)18-5-7-24-8-6-18/h1-4,9H,5-8,17H2. The van der Waals surface area contributed by atoms with Crippen molar-refractivity contribution in [1.82, 2.24) is 8.87 Å². The van der Waals surface area contributed by atoms with Crippen LogP contribution in [0.25, 0.3) is 11.1 Å². The molecule has 27 heavy (non-hydrogen) atoms. The number of oxazole rings is 1. The lowest BCUT2D eigenvalue weighted by molar-refractivity contribution is 0.0722. The lowest BCUT2D eigenvalue weighted by Gasteiger charge is -2.24. The Hall–Kier alpha value is -2.89. The molecular formula is C16H15N3O7S. The molecule has 2 aromatic heterocycles. The Kier molecular flexibility index (Phi) is 4.13. The van der Waals surface area contributed by atoms with Crippen molar-refractivity contribution in [1.29, 1.82) is 0 Å². The van der Waals surface area contributed by atoms with Crippen molar-refractivity contribution < 1.29 is 26.8 Å². The van der Waals surface area contributed by atoms with Gasteiger partial charge in [0.2, 0.25) is 5.09 Å². The molecule has 0 saturated carbocycles. The van der Waals surface area contributed by atoms with Gasteiger partial charge in [-0.2, -0.15) is 4.31 Å². The molecule has 0 atom stereocenters. The fraction of sp³-hybridized carbons (Fsp3) is 0.250. The van der Waals surface area contributed by atoms with E-state index in [1.807, 2.05) is 0 Å². The molecule has 3 heterocycles. The Morgan fingerprint density at radius 3 is 2.56 bits per heavy atom. The van der Waals surface area contributed by atoms with Crippen molar-refractivity contribution in [3.63, 3.8) is 0 Å². The molecule has 0 radical (unpaired) electrons. The molecule has 2 N–H and O–H groups in total. The second-order valence-electron chi connectivity index (χ2n) is 5.87. The number of rotatable bonds is 3. The molecule has 1 fully saturated rings. The molecule has 1 saturated heterocycles. The van der Waals surface area contributed by atoms with Gasteiger partial charge in [0.1, 0.15) is 5.52 Å². The number of carbonyl (C=O) groups is 1. The predicted molar refractivity (Wildman–Crippen MR) is 92.9 cm³/mol. The lowest BCUT2D eigenvalue weighted by Crippen LogP contribution is -2.40. The van der Waals surface area contributed by atoms with Crippen molar-refractivity contribution in [2.75, 3.05) is 32.0 Å². The molecule has 142 valence electrons. The van der Waals surface area contributed by atoms with Crippen LogP contribution in [0.3, 0.4) is 0 Å². The molecule has 4 rings (SSSR count). The highest BCUT2D eigenvalue weighted by Crippen LogP contribution is 2.22. The minimum atomic E-state index is -3.90. The topological polar surface area (TPSA) is 138 Å². The molecule has 1 aliphatic rings. The first-order chi connectivity index (χ1) is 12.9. The van der Waals surface area contributed by atoms with E-state index in [0.717, 1.165) is 4.57 Å². The fourth-order valence-electron chi connectivity index (χ4n) is 2.82.